The van der Waals surface area contributed by atoms with E-state index < -0.39 is 0 Å². The van der Waals surface area contributed by atoms with Crippen LogP contribution in [0.2, 0.25) is 0 Å². The second kappa shape index (κ2) is 10.1. The SMILES string of the molecule is COc1c(Br)cc(Br)cc1/C=N/Nc1nc(Nc2ccccc2)nc(N2CCCC2)n1. The zero-order valence-electron chi connectivity index (χ0n) is 16.8. The van der Waals surface area contributed by atoms with Gasteiger partial charge in [0.25, 0.3) is 0 Å². The van der Waals surface area contributed by atoms with Crippen LogP contribution < -0.4 is 20.4 Å². The summed E-state index contributed by atoms with van der Waals surface area (Å²) in [4.78, 5) is 15.8. The number of nitrogens with one attached hydrogen (secondary N) is 2. The van der Waals surface area contributed by atoms with Crippen molar-refractivity contribution in [3.8, 4) is 5.75 Å². The molecule has 8 nitrogen and oxygen atoms in total. The highest BCUT2D eigenvalue weighted by Gasteiger charge is 2.17. The van der Waals surface area contributed by atoms with Crippen LogP contribution in [-0.4, -0.2) is 41.4 Å². The maximum atomic E-state index is 5.46. The molecule has 0 saturated carbocycles. The number of anilines is 4. The Hall–Kier alpha value is -2.72. The van der Waals surface area contributed by atoms with Gasteiger partial charge in [0.1, 0.15) is 5.75 Å². The average Bonchev–Trinajstić information content (AvgIpc) is 3.29. The van der Waals surface area contributed by atoms with Crippen LogP contribution in [0.25, 0.3) is 0 Å². The summed E-state index contributed by atoms with van der Waals surface area (Å²) >= 11 is 6.99. The molecule has 1 aliphatic heterocycles. The van der Waals surface area contributed by atoms with E-state index in [1.807, 2.05) is 42.5 Å². The van der Waals surface area contributed by atoms with E-state index >= 15 is 0 Å². The van der Waals surface area contributed by atoms with Crippen molar-refractivity contribution in [3.63, 3.8) is 0 Å². The van der Waals surface area contributed by atoms with Crippen LogP contribution >= 0.6 is 31.9 Å². The van der Waals surface area contributed by atoms with Crippen molar-refractivity contribution < 1.29 is 4.74 Å². The van der Waals surface area contributed by atoms with E-state index in [0.717, 1.165) is 46.1 Å². The fourth-order valence-electron chi connectivity index (χ4n) is 3.23. The number of aromatic nitrogens is 3. The zero-order valence-corrected chi connectivity index (χ0v) is 20.0. The van der Waals surface area contributed by atoms with Gasteiger partial charge in [-0.3, -0.25) is 0 Å². The Balaban J connectivity index is 1.59. The second-order valence-electron chi connectivity index (χ2n) is 6.85. The Labute approximate surface area is 197 Å². The van der Waals surface area contributed by atoms with Gasteiger partial charge in [0.15, 0.2) is 0 Å². The van der Waals surface area contributed by atoms with Crippen molar-refractivity contribution in [2.24, 2.45) is 5.10 Å². The summed E-state index contributed by atoms with van der Waals surface area (Å²) in [5.41, 5.74) is 4.63. The van der Waals surface area contributed by atoms with Gasteiger partial charge in [-0.1, -0.05) is 34.1 Å². The first-order valence-corrected chi connectivity index (χ1v) is 11.4. The van der Waals surface area contributed by atoms with Gasteiger partial charge in [0.05, 0.1) is 17.8 Å². The van der Waals surface area contributed by atoms with Crippen molar-refractivity contribution in [3.05, 3.63) is 57.0 Å². The van der Waals surface area contributed by atoms with Crippen molar-refractivity contribution in [1.82, 2.24) is 15.0 Å². The Bertz CT molecular complexity index is 1070. The van der Waals surface area contributed by atoms with Gasteiger partial charge in [-0.2, -0.15) is 20.1 Å². The summed E-state index contributed by atoms with van der Waals surface area (Å²) in [7, 11) is 1.62. The predicted octanol–water partition coefficient (Wildman–Crippen LogP) is 5.20. The summed E-state index contributed by atoms with van der Waals surface area (Å²) in [5, 5.41) is 7.56. The molecule has 0 spiro atoms. The summed E-state index contributed by atoms with van der Waals surface area (Å²) in [5.74, 6) is 2.14. The molecular formula is C21H21Br2N7O. The molecular weight excluding hydrogens is 526 g/mol. The Morgan fingerprint density at radius 1 is 1.03 bits per heavy atom. The Kier molecular flexibility index (Phi) is 6.98. The number of para-hydroxylation sites is 1. The van der Waals surface area contributed by atoms with Crippen molar-refractivity contribution in [2.45, 2.75) is 12.8 Å². The molecule has 3 aromatic rings. The lowest BCUT2D eigenvalue weighted by Gasteiger charge is -2.16. The van der Waals surface area contributed by atoms with E-state index in [1.54, 1.807) is 13.3 Å². The van der Waals surface area contributed by atoms with Gasteiger partial charge < -0.3 is 15.0 Å². The first-order valence-electron chi connectivity index (χ1n) is 9.77. The number of halogens is 2. The van der Waals surface area contributed by atoms with E-state index in [9.17, 15) is 0 Å². The van der Waals surface area contributed by atoms with E-state index in [0.29, 0.717) is 23.6 Å². The lowest BCUT2D eigenvalue weighted by atomic mass is 10.2. The van der Waals surface area contributed by atoms with E-state index in [1.165, 1.54) is 0 Å². The summed E-state index contributed by atoms with van der Waals surface area (Å²) in [6.07, 6.45) is 3.93. The van der Waals surface area contributed by atoms with Crippen LogP contribution in [0.5, 0.6) is 5.75 Å². The van der Waals surface area contributed by atoms with Gasteiger partial charge in [-0.05, 0) is 53.0 Å². The molecule has 2 aromatic carbocycles. The summed E-state index contributed by atoms with van der Waals surface area (Å²) < 4.78 is 7.20. The quantitative estimate of drug-likeness (QED) is 0.311. The topological polar surface area (TPSA) is 87.6 Å². The van der Waals surface area contributed by atoms with Crippen LogP contribution in [0.1, 0.15) is 18.4 Å². The molecule has 1 aromatic heterocycles. The maximum absolute atomic E-state index is 5.46. The van der Waals surface area contributed by atoms with Gasteiger partial charge in [0, 0.05) is 28.8 Å². The third-order valence-corrected chi connectivity index (χ3v) is 5.70. The minimum Gasteiger partial charge on any atom is -0.495 e. The van der Waals surface area contributed by atoms with Crippen molar-refractivity contribution >= 4 is 61.6 Å². The number of rotatable bonds is 7. The van der Waals surface area contributed by atoms with Gasteiger partial charge in [-0.25, -0.2) is 5.43 Å². The van der Waals surface area contributed by atoms with Crippen LogP contribution in [-0.2, 0) is 0 Å². The fourth-order valence-corrected chi connectivity index (χ4v) is 4.65. The highest BCUT2D eigenvalue weighted by Crippen LogP contribution is 2.31. The molecule has 2 N–H and O–H groups in total. The first kappa shape index (κ1) is 21.5. The molecule has 160 valence electrons. The number of benzene rings is 2. The molecule has 1 fully saturated rings. The fraction of sp³-hybridized carbons (Fsp3) is 0.238. The van der Waals surface area contributed by atoms with Crippen molar-refractivity contribution in [1.29, 1.82) is 0 Å². The van der Waals surface area contributed by atoms with Gasteiger partial charge >= 0.3 is 0 Å². The van der Waals surface area contributed by atoms with Crippen molar-refractivity contribution in [2.75, 3.05) is 35.8 Å². The standard InChI is InChI=1S/C21H21Br2N7O/c1-31-18-14(11-15(22)12-17(18)23)13-24-29-20-26-19(25-16-7-3-2-4-8-16)27-21(28-20)30-9-5-6-10-30/h2-4,7-8,11-13H,5-6,9-10H2,1H3,(H2,25,26,27,28,29)/b24-13+. The van der Waals surface area contributed by atoms with Crippen LogP contribution in [0.3, 0.4) is 0 Å². The summed E-state index contributed by atoms with van der Waals surface area (Å²) in [6.45, 7) is 1.86. The lowest BCUT2D eigenvalue weighted by molar-refractivity contribution is 0.411. The maximum Gasteiger partial charge on any atom is 0.250 e. The molecule has 0 aliphatic carbocycles. The number of hydrazone groups is 1. The third kappa shape index (κ3) is 5.50. The minimum atomic E-state index is 0.361. The zero-order chi connectivity index (χ0) is 21.6. The smallest absolute Gasteiger partial charge is 0.250 e. The largest absolute Gasteiger partial charge is 0.495 e. The molecule has 1 aliphatic rings. The van der Waals surface area contributed by atoms with E-state index in [4.69, 9.17) is 4.74 Å². The minimum absolute atomic E-state index is 0.361. The third-order valence-electron chi connectivity index (χ3n) is 4.65. The monoisotopic (exact) mass is 545 g/mol. The highest BCUT2D eigenvalue weighted by molar-refractivity contribution is 9.11. The molecule has 4 rings (SSSR count). The Morgan fingerprint density at radius 2 is 1.77 bits per heavy atom. The second-order valence-corrected chi connectivity index (χ2v) is 8.62. The van der Waals surface area contributed by atoms with Gasteiger partial charge in [0.2, 0.25) is 17.8 Å². The molecule has 31 heavy (non-hydrogen) atoms. The molecule has 0 amide bonds. The molecule has 0 atom stereocenters. The number of hydrogen-bond acceptors (Lipinski definition) is 8. The molecule has 0 unspecified atom stereocenters. The van der Waals surface area contributed by atoms with Crippen LogP contribution in [0.4, 0.5) is 23.5 Å². The molecule has 0 bridgehead atoms. The van der Waals surface area contributed by atoms with E-state index in [-0.39, 0.29) is 0 Å². The van der Waals surface area contributed by atoms with Gasteiger partial charge in [-0.15, -0.1) is 0 Å². The molecule has 1 saturated heterocycles. The normalized spacial score (nSPS) is 13.6. The highest BCUT2D eigenvalue weighted by atomic mass is 79.9. The number of nitrogens with zero attached hydrogens (tertiary/aromatic N) is 5. The molecule has 0 radical (unpaired) electrons. The van der Waals surface area contributed by atoms with E-state index in [2.05, 4.69) is 67.6 Å². The first-order chi connectivity index (χ1) is 15.1. The number of methoxy groups -OCH3 is 1. The number of ether oxygens (including phenoxy) is 1. The summed E-state index contributed by atoms with van der Waals surface area (Å²) in [6, 6.07) is 13.6. The van der Waals surface area contributed by atoms with Crippen LogP contribution in [0, 0.1) is 0 Å². The predicted molar refractivity (Wildman–Crippen MR) is 131 cm³/mol. The van der Waals surface area contributed by atoms with Crippen LogP contribution in [0.15, 0.2) is 56.5 Å². The lowest BCUT2D eigenvalue weighted by Crippen LogP contribution is -2.21. The average molecular weight is 547 g/mol. The molecule has 10 heteroatoms. The number of hydrogen-bond donors (Lipinski definition) is 2. The molecule has 2 heterocycles. The Morgan fingerprint density at radius 3 is 2.52 bits per heavy atom.